The number of rotatable bonds is 6. The Balaban J connectivity index is 1.91. The van der Waals surface area contributed by atoms with E-state index in [0.29, 0.717) is 17.7 Å². The number of hydrogen-bond acceptors (Lipinski definition) is 6. The maximum absolute atomic E-state index is 11.0. The summed E-state index contributed by atoms with van der Waals surface area (Å²) in [5, 5.41) is 11.0. The molecule has 0 aliphatic heterocycles. The van der Waals surface area contributed by atoms with E-state index in [1.807, 2.05) is 0 Å². The number of nitrogens with one attached hydrogen (secondary N) is 1. The van der Waals surface area contributed by atoms with Gasteiger partial charge in [0.15, 0.2) is 0 Å². The summed E-state index contributed by atoms with van der Waals surface area (Å²) in [6.45, 7) is 0.947. The summed E-state index contributed by atoms with van der Waals surface area (Å²) >= 11 is 0. The fourth-order valence-electron chi connectivity index (χ4n) is 2.22. The first kappa shape index (κ1) is 12.2. The molecular weight excluding hydrogens is 246 g/mol. The molecule has 2 aliphatic rings. The van der Waals surface area contributed by atoms with Crippen LogP contribution >= 0.6 is 0 Å². The van der Waals surface area contributed by atoms with Crippen LogP contribution in [0.2, 0.25) is 0 Å². The lowest BCUT2D eigenvalue weighted by Crippen LogP contribution is -2.29. The molecule has 0 bridgehead atoms. The van der Waals surface area contributed by atoms with Crippen LogP contribution in [-0.4, -0.2) is 22.5 Å². The van der Waals surface area contributed by atoms with Crippen molar-refractivity contribution in [3.05, 3.63) is 22.2 Å². The van der Waals surface area contributed by atoms with Gasteiger partial charge in [0, 0.05) is 12.6 Å². The zero-order valence-corrected chi connectivity index (χ0v) is 10.6. The van der Waals surface area contributed by atoms with Crippen molar-refractivity contribution in [1.82, 2.24) is 4.98 Å². The van der Waals surface area contributed by atoms with Crippen molar-refractivity contribution in [2.24, 2.45) is 11.8 Å². The number of hydrogen-bond donors (Lipinski definition) is 2. The highest BCUT2D eigenvalue weighted by Crippen LogP contribution is 2.38. The first-order chi connectivity index (χ1) is 9.17. The van der Waals surface area contributed by atoms with Crippen molar-refractivity contribution in [2.45, 2.75) is 31.7 Å². The van der Waals surface area contributed by atoms with Gasteiger partial charge in [-0.05, 0) is 31.6 Å². The minimum Gasteiger partial charge on any atom is -0.353 e. The third-order valence-electron chi connectivity index (χ3n) is 3.59. The van der Waals surface area contributed by atoms with E-state index in [0.717, 1.165) is 25.3 Å². The highest BCUT2D eigenvalue weighted by Gasteiger charge is 2.35. The van der Waals surface area contributed by atoms with E-state index in [2.05, 4.69) is 15.3 Å². The van der Waals surface area contributed by atoms with Gasteiger partial charge in [-0.15, -0.1) is 0 Å². The molecule has 19 heavy (non-hydrogen) atoms. The minimum absolute atomic E-state index is 0.0272. The first-order valence-electron chi connectivity index (χ1n) is 6.57. The lowest BCUT2D eigenvalue weighted by atomic mass is 10.3. The van der Waals surface area contributed by atoms with E-state index in [1.165, 1.54) is 18.9 Å². The fraction of sp³-hybridized carbons (Fsp3) is 0.583. The molecule has 3 N–H and O–H groups in total. The maximum atomic E-state index is 11.0. The molecule has 0 unspecified atom stereocenters. The van der Waals surface area contributed by atoms with E-state index >= 15 is 0 Å². The number of anilines is 2. The maximum Gasteiger partial charge on any atom is 0.276 e. The molecular formula is C12H17N5O2. The zero-order valence-electron chi connectivity index (χ0n) is 10.6. The number of nitrogen functional groups attached to an aromatic ring is 1. The average Bonchev–Trinajstić information content (AvgIpc) is 3.27. The second-order valence-corrected chi connectivity index (χ2v) is 5.30. The van der Waals surface area contributed by atoms with Gasteiger partial charge in [-0.25, -0.2) is 10.8 Å². The second-order valence-electron chi connectivity index (χ2n) is 5.30. The third kappa shape index (κ3) is 2.76. The van der Waals surface area contributed by atoms with E-state index in [9.17, 15) is 10.1 Å². The van der Waals surface area contributed by atoms with Crippen LogP contribution in [0.1, 0.15) is 25.7 Å². The molecule has 0 saturated heterocycles. The topological polar surface area (TPSA) is 97.3 Å². The molecule has 1 heterocycles. The molecule has 1 aromatic heterocycles. The summed E-state index contributed by atoms with van der Waals surface area (Å²) in [7, 11) is 0. The third-order valence-corrected chi connectivity index (χ3v) is 3.59. The molecule has 1 aromatic rings. The first-order valence-corrected chi connectivity index (χ1v) is 6.57. The predicted octanol–water partition coefficient (Wildman–Crippen LogP) is 1.65. The van der Waals surface area contributed by atoms with Crippen molar-refractivity contribution in [2.75, 3.05) is 16.9 Å². The van der Waals surface area contributed by atoms with Crippen molar-refractivity contribution in [1.29, 1.82) is 0 Å². The number of hydrazine groups is 1. The molecule has 3 rings (SSSR count). The SMILES string of the molecule is NNc1cc([N+](=O)[O-])cc(N(CC2CC2)C2CC2)n1. The van der Waals surface area contributed by atoms with Crippen molar-refractivity contribution >= 4 is 17.3 Å². The van der Waals surface area contributed by atoms with Crippen LogP contribution in [0.25, 0.3) is 0 Å². The molecule has 0 amide bonds. The number of nitro groups is 1. The van der Waals surface area contributed by atoms with Gasteiger partial charge in [-0.1, -0.05) is 0 Å². The highest BCUT2D eigenvalue weighted by atomic mass is 16.6. The summed E-state index contributed by atoms with van der Waals surface area (Å²) in [5.41, 5.74) is 2.43. The van der Waals surface area contributed by atoms with Crippen molar-refractivity contribution in [3.63, 3.8) is 0 Å². The lowest BCUT2D eigenvalue weighted by Gasteiger charge is -2.23. The Morgan fingerprint density at radius 2 is 2.16 bits per heavy atom. The van der Waals surface area contributed by atoms with Crippen molar-refractivity contribution in [3.8, 4) is 0 Å². The lowest BCUT2D eigenvalue weighted by molar-refractivity contribution is -0.384. The van der Waals surface area contributed by atoms with Gasteiger partial charge < -0.3 is 10.3 Å². The summed E-state index contributed by atoms with van der Waals surface area (Å²) < 4.78 is 0. The summed E-state index contributed by atoms with van der Waals surface area (Å²) in [5.74, 6) is 7.06. The van der Waals surface area contributed by atoms with Gasteiger partial charge in [0.05, 0.1) is 17.1 Å². The smallest absolute Gasteiger partial charge is 0.276 e. The van der Waals surface area contributed by atoms with Crippen LogP contribution in [0.5, 0.6) is 0 Å². The van der Waals surface area contributed by atoms with Gasteiger partial charge in [0.1, 0.15) is 11.6 Å². The summed E-state index contributed by atoms with van der Waals surface area (Å²) in [6, 6.07) is 3.38. The molecule has 102 valence electrons. The Morgan fingerprint density at radius 1 is 1.42 bits per heavy atom. The zero-order chi connectivity index (χ0) is 13.4. The Kier molecular flexibility index (Phi) is 2.98. The molecule has 0 atom stereocenters. The molecule has 0 spiro atoms. The Bertz CT molecular complexity index is 499. The molecule has 2 aliphatic carbocycles. The second kappa shape index (κ2) is 4.65. The van der Waals surface area contributed by atoms with Gasteiger partial charge in [0.25, 0.3) is 5.69 Å². The predicted molar refractivity (Wildman–Crippen MR) is 71.8 cm³/mol. The van der Waals surface area contributed by atoms with Crippen LogP contribution in [0.3, 0.4) is 0 Å². The Labute approximate surface area is 110 Å². The fourth-order valence-corrected chi connectivity index (χ4v) is 2.22. The molecule has 2 saturated carbocycles. The van der Waals surface area contributed by atoms with E-state index in [4.69, 9.17) is 5.84 Å². The Morgan fingerprint density at radius 3 is 2.68 bits per heavy atom. The van der Waals surface area contributed by atoms with Gasteiger partial charge in [0.2, 0.25) is 0 Å². The van der Waals surface area contributed by atoms with Gasteiger partial charge in [-0.3, -0.25) is 10.1 Å². The van der Waals surface area contributed by atoms with E-state index < -0.39 is 4.92 Å². The average molecular weight is 263 g/mol. The summed E-state index contributed by atoms with van der Waals surface area (Å²) in [4.78, 5) is 17.1. The van der Waals surface area contributed by atoms with Gasteiger partial charge >= 0.3 is 0 Å². The minimum atomic E-state index is -0.409. The monoisotopic (exact) mass is 263 g/mol. The summed E-state index contributed by atoms with van der Waals surface area (Å²) in [6.07, 6.45) is 4.78. The number of pyridine rings is 1. The van der Waals surface area contributed by atoms with Crippen LogP contribution in [0, 0.1) is 16.0 Å². The Hall–Kier alpha value is -1.89. The molecule has 7 heteroatoms. The van der Waals surface area contributed by atoms with Crippen molar-refractivity contribution < 1.29 is 4.92 Å². The number of nitrogens with two attached hydrogens (primary N) is 1. The van der Waals surface area contributed by atoms with Crippen LogP contribution in [0.4, 0.5) is 17.3 Å². The number of nitrogens with zero attached hydrogens (tertiary/aromatic N) is 3. The van der Waals surface area contributed by atoms with E-state index in [-0.39, 0.29) is 5.69 Å². The number of aromatic nitrogens is 1. The van der Waals surface area contributed by atoms with Gasteiger partial charge in [-0.2, -0.15) is 0 Å². The van der Waals surface area contributed by atoms with E-state index in [1.54, 1.807) is 6.07 Å². The molecule has 0 radical (unpaired) electrons. The largest absolute Gasteiger partial charge is 0.353 e. The normalized spacial score (nSPS) is 18.2. The quantitative estimate of drug-likeness (QED) is 0.460. The molecule has 2 fully saturated rings. The van der Waals surface area contributed by atoms with Crippen LogP contribution < -0.4 is 16.2 Å². The molecule has 0 aromatic carbocycles. The van der Waals surface area contributed by atoms with Crippen LogP contribution in [-0.2, 0) is 0 Å². The van der Waals surface area contributed by atoms with Crippen LogP contribution in [0.15, 0.2) is 12.1 Å². The molecule has 7 nitrogen and oxygen atoms in total. The highest BCUT2D eigenvalue weighted by molar-refractivity contribution is 5.56. The standard InChI is InChI=1S/C12H17N5O2/c13-15-11-5-10(17(18)19)6-12(14-11)16(9-3-4-9)7-8-1-2-8/h5-6,8-9H,1-4,7,13H2,(H,14,15).